The Hall–Kier alpha value is -2.42. The van der Waals surface area contributed by atoms with Gasteiger partial charge in [-0.05, 0) is 38.6 Å². The van der Waals surface area contributed by atoms with Crippen LogP contribution in [0.15, 0.2) is 4.52 Å². The number of likely N-dealkylation sites (tertiary alicyclic amines) is 1. The highest BCUT2D eigenvalue weighted by Crippen LogP contribution is 2.34. The number of nitrogens with one attached hydrogen (secondary N) is 1. The molecule has 2 aromatic heterocycles. The number of methoxy groups -OCH3 is 1. The summed E-state index contributed by atoms with van der Waals surface area (Å²) in [5.74, 6) is 1.16. The molecule has 1 aliphatic heterocycles. The molecule has 2 aromatic rings. The van der Waals surface area contributed by atoms with E-state index in [4.69, 9.17) is 9.26 Å². The summed E-state index contributed by atoms with van der Waals surface area (Å²) in [6.07, 6.45) is 4.87. The van der Waals surface area contributed by atoms with Gasteiger partial charge < -0.3 is 14.6 Å². The van der Waals surface area contributed by atoms with Crippen molar-refractivity contribution >= 4 is 5.91 Å². The summed E-state index contributed by atoms with van der Waals surface area (Å²) in [5, 5.41) is 11.3. The van der Waals surface area contributed by atoms with Gasteiger partial charge in [0, 0.05) is 19.6 Å². The number of nitrogens with zero attached hydrogens (tertiary/aromatic N) is 5. The number of carbonyl (C=O) groups excluding carboxylic acids is 1. The monoisotopic (exact) mass is 374 g/mol. The first kappa shape index (κ1) is 18.0. The van der Waals surface area contributed by atoms with Crippen molar-refractivity contribution in [3.05, 3.63) is 23.0 Å². The van der Waals surface area contributed by atoms with Crippen LogP contribution in [0.1, 0.15) is 66.4 Å². The molecule has 0 bridgehead atoms. The fourth-order valence-electron chi connectivity index (χ4n) is 3.74. The van der Waals surface area contributed by atoms with Crippen LogP contribution < -0.4 is 10.1 Å². The number of hydrogen-bond donors (Lipinski definition) is 1. The summed E-state index contributed by atoms with van der Waals surface area (Å²) in [5.41, 5.74) is 2.13. The van der Waals surface area contributed by atoms with Crippen molar-refractivity contribution in [1.82, 2.24) is 30.1 Å². The van der Waals surface area contributed by atoms with Gasteiger partial charge in [-0.3, -0.25) is 9.69 Å². The molecule has 3 heterocycles. The number of hydrogen-bond acceptors (Lipinski definition) is 7. The lowest BCUT2D eigenvalue weighted by atomic mass is 10.1. The molecule has 4 rings (SSSR count). The van der Waals surface area contributed by atoms with Gasteiger partial charge in [-0.25, -0.2) is 4.68 Å². The minimum absolute atomic E-state index is 0.00888. The maximum absolute atomic E-state index is 12.1. The quantitative estimate of drug-likeness (QED) is 0.786. The minimum Gasteiger partial charge on any atom is -0.481 e. The molecule has 1 amide bonds. The van der Waals surface area contributed by atoms with Gasteiger partial charge in [0.2, 0.25) is 11.8 Å². The van der Waals surface area contributed by atoms with E-state index < -0.39 is 0 Å². The smallest absolute Gasteiger partial charge is 0.292 e. The van der Waals surface area contributed by atoms with Gasteiger partial charge in [0.25, 0.3) is 11.7 Å². The topological polar surface area (TPSA) is 98.3 Å². The van der Waals surface area contributed by atoms with E-state index in [2.05, 4.69) is 32.4 Å². The van der Waals surface area contributed by atoms with Crippen LogP contribution in [0.4, 0.5) is 0 Å². The van der Waals surface area contributed by atoms with Crippen molar-refractivity contribution in [1.29, 1.82) is 0 Å². The molecule has 9 heteroatoms. The van der Waals surface area contributed by atoms with Gasteiger partial charge >= 0.3 is 0 Å². The second kappa shape index (κ2) is 7.30. The number of ether oxygens (including phenoxy) is 1. The van der Waals surface area contributed by atoms with Crippen LogP contribution in [-0.2, 0) is 20.0 Å². The number of carbonyl (C=O) groups is 1. The van der Waals surface area contributed by atoms with Gasteiger partial charge in [-0.1, -0.05) is 12.1 Å². The Morgan fingerprint density at radius 1 is 1.37 bits per heavy atom. The zero-order chi connectivity index (χ0) is 19.0. The van der Waals surface area contributed by atoms with E-state index >= 15 is 0 Å². The molecular weight excluding hydrogens is 348 g/mol. The van der Waals surface area contributed by atoms with Crippen LogP contribution in [-0.4, -0.2) is 50.4 Å². The Morgan fingerprint density at radius 2 is 2.19 bits per heavy atom. The third-order valence-corrected chi connectivity index (χ3v) is 5.27. The molecule has 2 fully saturated rings. The largest absolute Gasteiger partial charge is 0.481 e. The van der Waals surface area contributed by atoms with Crippen molar-refractivity contribution in [3.8, 4) is 5.88 Å². The predicted octanol–water partition coefficient (Wildman–Crippen LogP) is 1.60. The lowest BCUT2D eigenvalue weighted by Gasteiger charge is -2.21. The molecular formula is C18H26N6O3. The van der Waals surface area contributed by atoms with Crippen LogP contribution in [0.2, 0.25) is 0 Å². The molecule has 0 radical (unpaired) electrons. The normalized spacial score (nSPS) is 20.2. The molecule has 1 atom stereocenters. The van der Waals surface area contributed by atoms with Crippen LogP contribution in [0, 0.1) is 0 Å². The second-order valence-electron chi connectivity index (χ2n) is 7.24. The fraction of sp³-hybridized carbons (Fsp3) is 0.667. The standard InChI is InChI=1S/C18H26N6O3/c1-4-13-12(18(26-3)23(2)21-13)10-24-9-5-6-14(24)17-20-15(22-27-17)16(25)19-11-7-8-11/h11,14H,4-10H2,1-3H3,(H,19,25)/t14-/m1/s1. The molecule has 9 nitrogen and oxygen atoms in total. The van der Waals surface area contributed by atoms with Crippen molar-refractivity contribution in [2.45, 2.75) is 57.7 Å². The molecule has 2 aliphatic rings. The van der Waals surface area contributed by atoms with Crippen LogP contribution in [0.3, 0.4) is 0 Å². The summed E-state index contributed by atoms with van der Waals surface area (Å²) in [6, 6.07) is 0.280. The Kier molecular flexibility index (Phi) is 4.86. The molecule has 1 saturated carbocycles. The average molecular weight is 374 g/mol. The van der Waals surface area contributed by atoms with Gasteiger partial charge in [0.15, 0.2) is 0 Å². The lowest BCUT2D eigenvalue weighted by molar-refractivity contribution is 0.0937. The zero-order valence-electron chi connectivity index (χ0n) is 16.1. The summed E-state index contributed by atoms with van der Waals surface area (Å²) in [6.45, 7) is 3.73. The second-order valence-corrected chi connectivity index (χ2v) is 7.24. The lowest BCUT2D eigenvalue weighted by Crippen LogP contribution is -2.27. The first-order chi connectivity index (χ1) is 13.1. The van der Waals surface area contributed by atoms with Crippen molar-refractivity contribution in [2.24, 2.45) is 7.05 Å². The first-order valence-corrected chi connectivity index (χ1v) is 9.58. The van der Waals surface area contributed by atoms with E-state index in [9.17, 15) is 4.79 Å². The Bertz CT molecular complexity index is 825. The Labute approximate surface area is 158 Å². The van der Waals surface area contributed by atoms with Crippen molar-refractivity contribution < 1.29 is 14.1 Å². The third-order valence-electron chi connectivity index (χ3n) is 5.27. The van der Waals surface area contributed by atoms with Crippen LogP contribution >= 0.6 is 0 Å². The highest BCUT2D eigenvalue weighted by molar-refractivity contribution is 5.90. The fourth-order valence-corrected chi connectivity index (χ4v) is 3.74. The van der Waals surface area contributed by atoms with Gasteiger partial charge in [-0.2, -0.15) is 10.1 Å². The molecule has 0 spiro atoms. The number of rotatable bonds is 7. The third kappa shape index (κ3) is 3.55. The molecule has 1 aliphatic carbocycles. The highest BCUT2D eigenvalue weighted by atomic mass is 16.5. The zero-order valence-corrected chi connectivity index (χ0v) is 16.1. The van der Waals surface area contributed by atoms with Gasteiger partial charge in [0.05, 0.1) is 24.4 Å². The number of aromatic nitrogens is 4. The predicted molar refractivity (Wildman–Crippen MR) is 96.3 cm³/mol. The Morgan fingerprint density at radius 3 is 2.89 bits per heavy atom. The maximum Gasteiger partial charge on any atom is 0.292 e. The molecule has 146 valence electrons. The van der Waals surface area contributed by atoms with E-state index in [1.807, 2.05) is 7.05 Å². The minimum atomic E-state index is -0.251. The van der Waals surface area contributed by atoms with Gasteiger partial charge in [0.1, 0.15) is 0 Å². The maximum atomic E-state index is 12.1. The highest BCUT2D eigenvalue weighted by Gasteiger charge is 2.34. The summed E-state index contributed by atoms with van der Waals surface area (Å²) in [4.78, 5) is 18.8. The van der Waals surface area contributed by atoms with Gasteiger partial charge in [-0.15, -0.1) is 0 Å². The van der Waals surface area contributed by atoms with E-state index in [1.54, 1.807) is 11.8 Å². The summed E-state index contributed by atoms with van der Waals surface area (Å²) in [7, 11) is 3.57. The SMILES string of the molecule is CCc1nn(C)c(OC)c1CN1CCC[C@@H]1c1nc(C(=O)NC2CC2)no1. The molecule has 0 unspecified atom stereocenters. The first-order valence-electron chi connectivity index (χ1n) is 9.58. The van der Waals surface area contributed by atoms with E-state index in [0.717, 1.165) is 55.8 Å². The molecule has 0 aromatic carbocycles. The van der Waals surface area contributed by atoms with E-state index in [0.29, 0.717) is 12.4 Å². The summed E-state index contributed by atoms with van der Waals surface area (Å²) >= 11 is 0. The van der Waals surface area contributed by atoms with Crippen molar-refractivity contribution in [3.63, 3.8) is 0 Å². The van der Waals surface area contributed by atoms with Crippen LogP contribution in [0.5, 0.6) is 5.88 Å². The average Bonchev–Trinajstić information content (AvgIpc) is 3.08. The summed E-state index contributed by atoms with van der Waals surface area (Å²) < 4.78 is 12.8. The molecule has 27 heavy (non-hydrogen) atoms. The number of aryl methyl sites for hydroxylation is 2. The number of amides is 1. The Balaban J connectivity index is 1.51. The van der Waals surface area contributed by atoms with E-state index in [-0.39, 0.29) is 23.8 Å². The van der Waals surface area contributed by atoms with Crippen molar-refractivity contribution in [2.75, 3.05) is 13.7 Å². The van der Waals surface area contributed by atoms with Crippen LogP contribution in [0.25, 0.3) is 0 Å². The molecule has 1 N–H and O–H groups in total. The molecule has 1 saturated heterocycles. The van der Waals surface area contributed by atoms with E-state index in [1.165, 1.54) is 0 Å².